The molecule has 0 spiro atoms. The molecular weight excluding hydrogens is 276 g/mol. The van der Waals surface area contributed by atoms with E-state index < -0.39 is 0 Å². The summed E-state index contributed by atoms with van der Waals surface area (Å²) in [5.41, 5.74) is 3.50. The Morgan fingerprint density at radius 3 is 2.50 bits per heavy atom. The van der Waals surface area contributed by atoms with Gasteiger partial charge in [0.25, 0.3) is 0 Å². The van der Waals surface area contributed by atoms with E-state index in [1.165, 1.54) is 11.1 Å². The lowest BCUT2D eigenvalue weighted by Gasteiger charge is -2.24. The van der Waals surface area contributed by atoms with Gasteiger partial charge in [-0.3, -0.25) is 4.79 Å². The van der Waals surface area contributed by atoms with Gasteiger partial charge in [-0.05, 0) is 63.1 Å². The molecular formula is C18H24N2O2. The molecule has 2 aromatic rings. The zero-order chi connectivity index (χ0) is 16.1. The van der Waals surface area contributed by atoms with Crippen LogP contribution in [0.5, 0.6) is 0 Å². The Morgan fingerprint density at radius 1 is 1.27 bits per heavy atom. The second kappa shape index (κ2) is 7.16. The van der Waals surface area contributed by atoms with Crippen molar-refractivity contribution >= 4 is 11.6 Å². The first kappa shape index (κ1) is 16.1. The predicted octanol–water partition coefficient (Wildman–Crippen LogP) is 3.60. The van der Waals surface area contributed by atoms with E-state index in [1.54, 1.807) is 6.26 Å². The summed E-state index contributed by atoms with van der Waals surface area (Å²) in [6, 6.07) is 9.93. The molecule has 1 heterocycles. The van der Waals surface area contributed by atoms with E-state index in [0.29, 0.717) is 6.54 Å². The van der Waals surface area contributed by atoms with E-state index in [-0.39, 0.29) is 11.9 Å². The maximum absolute atomic E-state index is 12.3. The minimum atomic E-state index is -0.125. The SMILES string of the molecule is CCN(CC(=O)NC(C)c1ccco1)c1cc(C)cc(C)c1. The zero-order valence-electron chi connectivity index (χ0n) is 13.7. The molecule has 118 valence electrons. The molecule has 0 radical (unpaired) electrons. The number of hydrogen-bond acceptors (Lipinski definition) is 3. The van der Waals surface area contributed by atoms with Crippen LogP contribution in [-0.2, 0) is 4.79 Å². The van der Waals surface area contributed by atoms with Crippen molar-refractivity contribution in [3.63, 3.8) is 0 Å². The molecule has 2 rings (SSSR count). The number of furan rings is 1. The van der Waals surface area contributed by atoms with Crippen molar-refractivity contribution in [2.75, 3.05) is 18.0 Å². The van der Waals surface area contributed by atoms with E-state index in [4.69, 9.17) is 4.42 Å². The van der Waals surface area contributed by atoms with Crippen LogP contribution in [0.25, 0.3) is 0 Å². The van der Waals surface area contributed by atoms with E-state index >= 15 is 0 Å². The minimum Gasteiger partial charge on any atom is -0.467 e. The van der Waals surface area contributed by atoms with Gasteiger partial charge in [-0.2, -0.15) is 0 Å². The van der Waals surface area contributed by atoms with Gasteiger partial charge in [0.05, 0.1) is 18.8 Å². The number of likely N-dealkylation sites (N-methyl/N-ethyl adjacent to an activating group) is 1. The Hall–Kier alpha value is -2.23. The summed E-state index contributed by atoms with van der Waals surface area (Å²) < 4.78 is 5.32. The first-order valence-electron chi connectivity index (χ1n) is 7.65. The van der Waals surface area contributed by atoms with Gasteiger partial charge >= 0.3 is 0 Å². The van der Waals surface area contributed by atoms with Crippen LogP contribution in [0.4, 0.5) is 5.69 Å². The van der Waals surface area contributed by atoms with Crippen molar-refractivity contribution in [3.8, 4) is 0 Å². The molecule has 0 saturated heterocycles. The van der Waals surface area contributed by atoms with Crippen LogP contribution >= 0.6 is 0 Å². The molecule has 1 amide bonds. The van der Waals surface area contributed by atoms with Crippen LogP contribution in [0.2, 0.25) is 0 Å². The third-order valence-electron chi connectivity index (χ3n) is 3.64. The van der Waals surface area contributed by atoms with Gasteiger partial charge < -0.3 is 14.6 Å². The van der Waals surface area contributed by atoms with Gasteiger partial charge in [0.15, 0.2) is 0 Å². The highest BCUT2D eigenvalue weighted by Crippen LogP contribution is 2.19. The van der Waals surface area contributed by atoms with Crippen LogP contribution in [-0.4, -0.2) is 19.0 Å². The lowest BCUT2D eigenvalue weighted by molar-refractivity contribution is -0.120. The number of anilines is 1. The van der Waals surface area contributed by atoms with Gasteiger partial charge in [-0.25, -0.2) is 0 Å². The van der Waals surface area contributed by atoms with E-state index in [9.17, 15) is 4.79 Å². The maximum Gasteiger partial charge on any atom is 0.240 e. The number of nitrogens with one attached hydrogen (secondary N) is 1. The Balaban J connectivity index is 2.01. The molecule has 0 fully saturated rings. The highest BCUT2D eigenvalue weighted by Gasteiger charge is 2.15. The van der Waals surface area contributed by atoms with Crippen LogP contribution in [0.1, 0.15) is 36.8 Å². The number of hydrogen-bond donors (Lipinski definition) is 1. The summed E-state index contributed by atoms with van der Waals surface area (Å²) in [5.74, 6) is 0.757. The monoisotopic (exact) mass is 300 g/mol. The minimum absolute atomic E-state index is 0.00934. The average molecular weight is 300 g/mol. The number of carbonyl (C=O) groups excluding carboxylic acids is 1. The van der Waals surface area contributed by atoms with Crippen molar-refractivity contribution in [2.45, 2.75) is 33.7 Å². The normalized spacial score (nSPS) is 12.0. The second-order valence-electron chi connectivity index (χ2n) is 5.66. The number of aryl methyl sites for hydroxylation is 2. The fraction of sp³-hybridized carbons (Fsp3) is 0.389. The lowest BCUT2D eigenvalue weighted by atomic mass is 10.1. The number of rotatable bonds is 6. The summed E-state index contributed by atoms with van der Waals surface area (Å²) in [7, 11) is 0. The molecule has 1 aromatic heterocycles. The van der Waals surface area contributed by atoms with Gasteiger partial charge in [0.1, 0.15) is 5.76 Å². The third-order valence-corrected chi connectivity index (χ3v) is 3.64. The van der Waals surface area contributed by atoms with Crippen molar-refractivity contribution < 1.29 is 9.21 Å². The van der Waals surface area contributed by atoms with Gasteiger partial charge in [0, 0.05) is 12.2 Å². The van der Waals surface area contributed by atoms with Crippen molar-refractivity contribution in [1.82, 2.24) is 5.32 Å². The molecule has 1 unspecified atom stereocenters. The Morgan fingerprint density at radius 2 is 1.95 bits per heavy atom. The zero-order valence-corrected chi connectivity index (χ0v) is 13.7. The third kappa shape index (κ3) is 4.13. The molecule has 1 N–H and O–H groups in total. The maximum atomic E-state index is 12.3. The van der Waals surface area contributed by atoms with Crippen LogP contribution in [0.15, 0.2) is 41.0 Å². The topological polar surface area (TPSA) is 45.5 Å². The first-order chi connectivity index (χ1) is 10.5. The molecule has 1 atom stereocenters. The van der Waals surface area contributed by atoms with Gasteiger partial charge in [0.2, 0.25) is 5.91 Å². The molecule has 4 nitrogen and oxygen atoms in total. The van der Waals surface area contributed by atoms with E-state index in [1.807, 2.05) is 19.1 Å². The Labute approximate surface area is 132 Å². The Bertz CT molecular complexity index is 600. The van der Waals surface area contributed by atoms with Crippen LogP contribution < -0.4 is 10.2 Å². The molecule has 0 aliphatic rings. The smallest absolute Gasteiger partial charge is 0.240 e. The van der Waals surface area contributed by atoms with E-state index in [2.05, 4.69) is 49.2 Å². The molecule has 4 heteroatoms. The highest BCUT2D eigenvalue weighted by molar-refractivity contribution is 5.81. The first-order valence-corrected chi connectivity index (χ1v) is 7.65. The molecule has 1 aromatic carbocycles. The molecule has 22 heavy (non-hydrogen) atoms. The summed E-state index contributed by atoms with van der Waals surface area (Å²) in [5, 5.41) is 2.97. The molecule has 0 aliphatic carbocycles. The van der Waals surface area contributed by atoms with Gasteiger partial charge in [-0.1, -0.05) is 6.07 Å². The van der Waals surface area contributed by atoms with Crippen LogP contribution in [0.3, 0.4) is 0 Å². The summed E-state index contributed by atoms with van der Waals surface area (Å²) >= 11 is 0. The average Bonchev–Trinajstić information content (AvgIpc) is 2.97. The molecule has 0 bridgehead atoms. The van der Waals surface area contributed by atoms with Crippen molar-refractivity contribution in [1.29, 1.82) is 0 Å². The second-order valence-corrected chi connectivity index (χ2v) is 5.66. The van der Waals surface area contributed by atoms with E-state index in [0.717, 1.165) is 18.0 Å². The quantitative estimate of drug-likeness (QED) is 0.886. The fourth-order valence-corrected chi connectivity index (χ4v) is 2.59. The largest absolute Gasteiger partial charge is 0.467 e. The summed E-state index contributed by atoms with van der Waals surface area (Å²) in [6.45, 7) is 9.24. The number of benzene rings is 1. The number of nitrogens with zero attached hydrogens (tertiary/aromatic N) is 1. The molecule has 0 aliphatic heterocycles. The fourth-order valence-electron chi connectivity index (χ4n) is 2.59. The lowest BCUT2D eigenvalue weighted by Crippen LogP contribution is -2.38. The van der Waals surface area contributed by atoms with Crippen LogP contribution in [0, 0.1) is 13.8 Å². The number of amides is 1. The number of carbonyl (C=O) groups is 1. The predicted molar refractivity (Wildman–Crippen MR) is 89.1 cm³/mol. The molecule has 0 saturated carbocycles. The summed E-state index contributed by atoms with van der Waals surface area (Å²) in [6.07, 6.45) is 1.62. The van der Waals surface area contributed by atoms with Gasteiger partial charge in [-0.15, -0.1) is 0 Å². The van der Waals surface area contributed by atoms with Crippen molar-refractivity contribution in [3.05, 3.63) is 53.5 Å². The summed E-state index contributed by atoms with van der Waals surface area (Å²) in [4.78, 5) is 14.3. The standard InChI is InChI=1S/C18H24N2O2/c1-5-20(16-10-13(2)9-14(3)11-16)12-18(21)19-15(4)17-7-6-8-22-17/h6-11,15H,5,12H2,1-4H3,(H,19,21). The highest BCUT2D eigenvalue weighted by atomic mass is 16.3. The Kier molecular flexibility index (Phi) is 5.26. The van der Waals surface area contributed by atoms with Crippen molar-refractivity contribution in [2.24, 2.45) is 0 Å².